The van der Waals surface area contributed by atoms with E-state index in [0.717, 1.165) is 31.0 Å². The molecule has 1 aromatic heterocycles. The summed E-state index contributed by atoms with van der Waals surface area (Å²) in [5.74, 6) is 0.498. The van der Waals surface area contributed by atoms with Gasteiger partial charge >= 0.3 is 0 Å². The van der Waals surface area contributed by atoms with Gasteiger partial charge in [-0.1, -0.05) is 18.2 Å². The Bertz CT molecular complexity index is 605. The predicted molar refractivity (Wildman–Crippen MR) is 103 cm³/mol. The minimum Gasteiger partial charge on any atom is -0.357 e. The quantitative estimate of drug-likeness (QED) is 0.423. The highest BCUT2D eigenvalue weighted by Crippen LogP contribution is 2.04. The standard InChI is InChI=1S/C17H21FN4.HI/c1-2-20-17(21-10-8-14-6-4-9-19-12-14)22-13-15-5-3-7-16(18)11-15;/h3-7,9,11-12H,2,8,10,13H2,1H3,(H2,20,21,22);1H. The first-order chi connectivity index (χ1) is 10.8. The number of pyridine rings is 1. The van der Waals surface area contributed by atoms with Crippen LogP contribution in [-0.4, -0.2) is 24.0 Å². The van der Waals surface area contributed by atoms with Crippen molar-refractivity contribution in [1.82, 2.24) is 15.6 Å². The third-order valence-corrected chi connectivity index (χ3v) is 3.08. The number of halogens is 2. The van der Waals surface area contributed by atoms with Gasteiger partial charge in [0.25, 0.3) is 0 Å². The van der Waals surface area contributed by atoms with Gasteiger partial charge in [0.15, 0.2) is 5.96 Å². The molecule has 0 unspecified atom stereocenters. The van der Waals surface area contributed by atoms with E-state index in [4.69, 9.17) is 0 Å². The van der Waals surface area contributed by atoms with Gasteiger partial charge in [-0.3, -0.25) is 4.98 Å². The first-order valence-corrected chi connectivity index (χ1v) is 7.43. The maximum Gasteiger partial charge on any atom is 0.191 e. The van der Waals surface area contributed by atoms with Crippen LogP contribution >= 0.6 is 24.0 Å². The Morgan fingerprint density at radius 1 is 1.17 bits per heavy atom. The maximum atomic E-state index is 13.1. The van der Waals surface area contributed by atoms with E-state index in [1.165, 1.54) is 17.7 Å². The van der Waals surface area contributed by atoms with Crippen molar-refractivity contribution < 1.29 is 4.39 Å². The molecule has 0 saturated heterocycles. The monoisotopic (exact) mass is 428 g/mol. The molecule has 0 amide bonds. The number of aromatic nitrogens is 1. The van der Waals surface area contributed by atoms with Gasteiger partial charge in [-0.25, -0.2) is 9.38 Å². The molecule has 2 rings (SSSR count). The van der Waals surface area contributed by atoms with Crippen molar-refractivity contribution in [3.63, 3.8) is 0 Å². The van der Waals surface area contributed by atoms with E-state index in [0.29, 0.717) is 6.54 Å². The molecule has 2 aromatic rings. The van der Waals surface area contributed by atoms with Gasteiger partial charge in [0.2, 0.25) is 0 Å². The van der Waals surface area contributed by atoms with E-state index in [-0.39, 0.29) is 29.8 Å². The predicted octanol–water partition coefficient (Wildman–Crippen LogP) is 3.14. The highest BCUT2D eigenvalue weighted by atomic mass is 127. The molecule has 23 heavy (non-hydrogen) atoms. The maximum absolute atomic E-state index is 13.1. The first kappa shape index (κ1) is 19.3. The first-order valence-electron chi connectivity index (χ1n) is 7.43. The molecule has 0 atom stereocenters. The van der Waals surface area contributed by atoms with E-state index in [1.54, 1.807) is 12.3 Å². The average Bonchev–Trinajstić information content (AvgIpc) is 2.54. The Kier molecular flexibility index (Phi) is 9.20. The zero-order valence-corrected chi connectivity index (χ0v) is 15.5. The van der Waals surface area contributed by atoms with Crippen molar-refractivity contribution in [3.8, 4) is 0 Å². The van der Waals surface area contributed by atoms with Gasteiger partial charge < -0.3 is 10.6 Å². The highest BCUT2D eigenvalue weighted by Gasteiger charge is 1.99. The summed E-state index contributed by atoms with van der Waals surface area (Å²) >= 11 is 0. The van der Waals surface area contributed by atoms with E-state index in [1.807, 2.05) is 31.3 Å². The lowest BCUT2D eigenvalue weighted by Crippen LogP contribution is -2.38. The van der Waals surface area contributed by atoms with Crippen LogP contribution in [0.15, 0.2) is 53.8 Å². The number of nitrogens with zero attached hydrogens (tertiary/aromatic N) is 2. The summed E-state index contributed by atoms with van der Waals surface area (Å²) < 4.78 is 13.1. The smallest absolute Gasteiger partial charge is 0.191 e. The SMILES string of the molecule is CCNC(=NCc1cccc(F)c1)NCCc1cccnc1.I. The Hall–Kier alpha value is -1.70. The molecule has 1 aromatic carbocycles. The lowest BCUT2D eigenvalue weighted by atomic mass is 10.2. The number of nitrogens with one attached hydrogen (secondary N) is 2. The zero-order chi connectivity index (χ0) is 15.6. The Morgan fingerprint density at radius 2 is 2.00 bits per heavy atom. The molecule has 124 valence electrons. The summed E-state index contributed by atoms with van der Waals surface area (Å²) in [6, 6.07) is 10.5. The lowest BCUT2D eigenvalue weighted by Gasteiger charge is -2.11. The molecule has 0 saturated carbocycles. The summed E-state index contributed by atoms with van der Waals surface area (Å²) in [5.41, 5.74) is 2.03. The van der Waals surface area contributed by atoms with Crippen LogP contribution in [0.2, 0.25) is 0 Å². The second-order valence-electron chi connectivity index (χ2n) is 4.86. The van der Waals surface area contributed by atoms with Crippen LogP contribution < -0.4 is 10.6 Å². The molecule has 0 aliphatic rings. The largest absolute Gasteiger partial charge is 0.357 e. The molecule has 0 aliphatic carbocycles. The van der Waals surface area contributed by atoms with Crippen molar-refractivity contribution >= 4 is 29.9 Å². The van der Waals surface area contributed by atoms with E-state index >= 15 is 0 Å². The fraction of sp³-hybridized carbons (Fsp3) is 0.294. The number of hydrogen-bond acceptors (Lipinski definition) is 2. The van der Waals surface area contributed by atoms with Crippen LogP contribution in [0, 0.1) is 5.82 Å². The van der Waals surface area contributed by atoms with Gasteiger partial charge in [-0.15, -0.1) is 24.0 Å². The second kappa shape index (κ2) is 10.9. The Labute approximate surface area is 153 Å². The van der Waals surface area contributed by atoms with Crippen LogP contribution in [0.4, 0.5) is 4.39 Å². The van der Waals surface area contributed by atoms with E-state index in [9.17, 15) is 4.39 Å². The molecule has 4 nitrogen and oxygen atoms in total. The van der Waals surface area contributed by atoms with Crippen LogP contribution in [0.5, 0.6) is 0 Å². The third kappa shape index (κ3) is 7.40. The van der Waals surface area contributed by atoms with Gasteiger partial charge in [0, 0.05) is 25.5 Å². The van der Waals surface area contributed by atoms with Crippen LogP contribution in [0.1, 0.15) is 18.1 Å². The van der Waals surface area contributed by atoms with Crippen molar-refractivity contribution in [2.75, 3.05) is 13.1 Å². The average molecular weight is 428 g/mol. The molecular weight excluding hydrogens is 406 g/mol. The zero-order valence-electron chi connectivity index (χ0n) is 13.1. The normalized spacial score (nSPS) is 10.8. The van der Waals surface area contributed by atoms with Gasteiger partial charge in [0.1, 0.15) is 5.82 Å². The van der Waals surface area contributed by atoms with Gasteiger partial charge in [-0.2, -0.15) is 0 Å². The highest BCUT2D eigenvalue weighted by molar-refractivity contribution is 14.0. The summed E-state index contributed by atoms with van der Waals surface area (Å²) in [5, 5.41) is 6.45. The number of benzene rings is 1. The topological polar surface area (TPSA) is 49.3 Å². The fourth-order valence-corrected chi connectivity index (χ4v) is 2.02. The number of rotatable bonds is 6. The van der Waals surface area contributed by atoms with Crippen molar-refractivity contribution in [2.45, 2.75) is 19.9 Å². The van der Waals surface area contributed by atoms with E-state index in [2.05, 4.69) is 20.6 Å². The number of guanidine groups is 1. The molecule has 2 N–H and O–H groups in total. The summed E-state index contributed by atoms with van der Waals surface area (Å²) in [6.45, 7) is 4.00. The van der Waals surface area contributed by atoms with Gasteiger partial charge in [0.05, 0.1) is 6.54 Å². The molecule has 0 radical (unpaired) electrons. The Balaban J connectivity index is 0.00000264. The molecule has 0 spiro atoms. The minimum atomic E-state index is -0.234. The molecule has 0 fully saturated rings. The second-order valence-corrected chi connectivity index (χ2v) is 4.86. The molecule has 6 heteroatoms. The third-order valence-electron chi connectivity index (χ3n) is 3.08. The summed E-state index contributed by atoms with van der Waals surface area (Å²) in [6.07, 6.45) is 4.50. The van der Waals surface area contributed by atoms with Gasteiger partial charge in [-0.05, 0) is 42.7 Å². The lowest BCUT2D eigenvalue weighted by molar-refractivity contribution is 0.625. The minimum absolute atomic E-state index is 0. The van der Waals surface area contributed by atoms with Crippen LogP contribution in [0.3, 0.4) is 0 Å². The number of aliphatic imine (C=N–C) groups is 1. The van der Waals surface area contributed by atoms with Crippen molar-refractivity contribution in [1.29, 1.82) is 0 Å². The molecule has 1 heterocycles. The number of hydrogen-bond donors (Lipinski definition) is 2. The molecule has 0 aliphatic heterocycles. The van der Waals surface area contributed by atoms with Crippen LogP contribution in [-0.2, 0) is 13.0 Å². The molecule has 0 bridgehead atoms. The van der Waals surface area contributed by atoms with Crippen molar-refractivity contribution in [3.05, 3.63) is 65.7 Å². The molecular formula is C17H22FIN4. The summed E-state index contributed by atoms with van der Waals surface area (Å²) in [4.78, 5) is 8.56. The Morgan fingerprint density at radius 3 is 2.70 bits per heavy atom. The van der Waals surface area contributed by atoms with E-state index < -0.39 is 0 Å². The van der Waals surface area contributed by atoms with Crippen LogP contribution in [0.25, 0.3) is 0 Å². The summed E-state index contributed by atoms with van der Waals surface area (Å²) in [7, 11) is 0. The van der Waals surface area contributed by atoms with Crippen molar-refractivity contribution in [2.24, 2.45) is 4.99 Å². The fourth-order valence-electron chi connectivity index (χ4n) is 2.02.